The van der Waals surface area contributed by atoms with Crippen molar-refractivity contribution in [3.63, 3.8) is 0 Å². The van der Waals surface area contributed by atoms with Gasteiger partial charge in [-0.1, -0.05) is 25.1 Å². The van der Waals surface area contributed by atoms with E-state index in [1.165, 1.54) is 13.2 Å². The summed E-state index contributed by atoms with van der Waals surface area (Å²) in [7, 11) is 1.52. The van der Waals surface area contributed by atoms with Crippen LogP contribution in [0.15, 0.2) is 24.4 Å². The molecule has 0 radical (unpaired) electrons. The first-order chi connectivity index (χ1) is 10.1. The maximum atomic E-state index is 13.9. The Bertz CT molecular complexity index is 583. The smallest absolute Gasteiger partial charge is 0.131 e. The van der Waals surface area contributed by atoms with Crippen molar-refractivity contribution in [1.82, 2.24) is 20.3 Å². The van der Waals surface area contributed by atoms with Crippen LogP contribution in [0, 0.1) is 11.7 Å². The topological polar surface area (TPSA) is 52.0 Å². The molecular formula is C15H21FN4O. The van der Waals surface area contributed by atoms with Gasteiger partial charge in [0.1, 0.15) is 11.6 Å². The second-order valence-corrected chi connectivity index (χ2v) is 5.39. The molecule has 0 aliphatic rings. The van der Waals surface area contributed by atoms with E-state index in [0.29, 0.717) is 30.3 Å². The highest BCUT2D eigenvalue weighted by atomic mass is 19.1. The van der Waals surface area contributed by atoms with E-state index in [1.807, 2.05) is 6.20 Å². The number of halogens is 1. The van der Waals surface area contributed by atoms with Gasteiger partial charge in [-0.05, 0) is 18.5 Å². The Balaban J connectivity index is 1.96. The van der Waals surface area contributed by atoms with Crippen LogP contribution in [-0.2, 0) is 13.1 Å². The van der Waals surface area contributed by atoms with Gasteiger partial charge in [0.05, 0.1) is 25.5 Å². The highest BCUT2D eigenvalue weighted by molar-refractivity contribution is 5.28. The van der Waals surface area contributed by atoms with Gasteiger partial charge in [-0.2, -0.15) is 0 Å². The van der Waals surface area contributed by atoms with E-state index in [-0.39, 0.29) is 5.82 Å². The molecule has 0 fully saturated rings. The molecule has 114 valence electrons. The molecule has 1 heterocycles. The SMILES string of the molecule is COc1ccc(Cn2cc(CNCC(C)C)nn2)c(F)c1. The summed E-state index contributed by atoms with van der Waals surface area (Å²) < 4.78 is 20.5. The number of nitrogens with zero attached hydrogens (tertiary/aromatic N) is 3. The number of benzene rings is 1. The fourth-order valence-electron chi connectivity index (χ4n) is 1.94. The molecule has 1 N–H and O–H groups in total. The lowest BCUT2D eigenvalue weighted by Gasteiger charge is -2.05. The van der Waals surface area contributed by atoms with E-state index in [4.69, 9.17) is 4.74 Å². The van der Waals surface area contributed by atoms with E-state index in [2.05, 4.69) is 29.5 Å². The van der Waals surface area contributed by atoms with Crippen molar-refractivity contribution in [1.29, 1.82) is 0 Å². The van der Waals surface area contributed by atoms with Gasteiger partial charge in [0.25, 0.3) is 0 Å². The molecule has 2 rings (SSSR count). The first kappa shape index (κ1) is 15.4. The largest absolute Gasteiger partial charge is 0.497 e. The lowest BCUT2D eigenvalue weighted by Crippen LogP contribution is -2.19. The molecule has 0 unspecified atom stereocenters. The first-order valence-electron chi connectivity index (χ1n) is 7.00. The van der Waals surface area contributed by atoms with E-state index in [0.717, 1.165) is 12.2 Å². The Morgan fingerprint density at radius 2 is 2.19 bits per heavy atom. The number of hydrogen-bond donors (Lipinski definition) is 1. The molecule has 0 saturated heterocycles. The quantitative estimate of drug-likeness (QED) is 0.850. The van der Waals surface area contributed by atoms with Crippen molar-refractivity contribution >= 4 is 0 Å². The number of ether oxygens (including phenoxy) is 1. The van der Waals surface area contributed by atoms with Gasteiger partial charge in [0, 0.05) is 18.2 Å². The van der Waals surface area contributed by atoms with Crippen LogP contribution in [-0.4, -0.2) is 28.6 Å². The average molecular weight is 292 g/mol. The standard InChI is InChI=1S/C15H21FN4O/c1-11(2)7-17-8-13-10-20(19-18-13)9-12-4-5-14(21-3)6-15(12)16/h4-6,10-11,17H,7-9H2,1-3H3. The lowest BCUT2D eigenvalue weighted by atomic mass is 10.2. The molecule has 21 heavy (non-hydrogen) atoms. The van der Waals surface area contributed by atoms with Crippen LogP contribution in [0.2, 0.25) is 0 Å². The molecule has 6 heteroatoms. The normalized spacial score (nSPS) is 11.1. The zero-order valence-corrected chi connectivity index (χ0v) is 12.6. The number of nitrogens with one attached hydrogen (secondary N) is 1. The number of hydrogen-bond acceptors (Lipinski definition) is 4. The highest BCUT2D eigenvalue weighted by Gasteiger charge is 2.07. The molecule has 0 atom stereocenters. The predicted octanol–water partition coefficient (Wildman–Crippen LogP) is 2.22. The van der Waals surface area contributed by atoms with Crippen molar-refractivity contribution in [2.75, 3.05) is 13.7 Å². The third kappa shape index (κ3) is 4.53. The summed E-state index contributed by atoms with van der Waals surface area (Å²) >= 11 is 0. The minimum absolute atomic E-state index is 0.302. The van der Waals surface area contributed by atoms with E-state index in [9.17, 15) is 4.39 Å². The third-order valence-corrected chi connectivity index (χ3v) is 3.04. The second kappa shape index (κ2) is 7.17. The summed E-state index contributed by atoms with van der Waals surface area (Å²) in [5.74, 6) is 0.797. The van der Waals surface area contributed by atoms with Crippen LogP contribution in [0.1, 0.15) is 25.1 Å². The van der Waals surface area contributed by atoms with Crippen LogP contribution in [0.5, 0.6) is 5.75 Å². The molecule has 0 saturated carbocycles. The molecular weight excluding hydrogens is 271 g/mol. The number of methoxy groups -OCH3 is 1. The Kier molecular flexibility index (Phi) is 5.27. The van der Waals surface area contributed by atoms with Crippen molar-refractivity contribution in [2.24, 2.45) is 5.92 Å². The summed E-state index contributed by atoms with van der Waals surface area (Å²) in [6, 6.07) is 4.81. The van der Waals surface area contributed by atoms with Crippen LogP contribution in [0.25, 0.3) is 0 Å². The Morgan fingerprint density at radius 3 is 2.86 bits per heavy atom. The molecule has 0 bridgehead atoms. The maximum Gasteiger partial charge on any atom is 0.131 e. The molecule has 0 aliphatic heterocycles. The van der Waals surface area contributed by atoms with Gasteiger partial charge in [-0.3, -0.25) is 0 Å². The fraction of sp³-hybridized carbons (Fsp3) is 0.467. The molecule has 0 aliphatic carbocycles. The van der Waals surface area contributed by atoms with Gasteiger partial charge in [-0.25, -0.2) is 9.07 Å². The van der Waals surface area contributed by atoms with Crippen molar-refractivity contribution in [3.8, 4) is 5.75 Å². The van der Waals surface area contributed by atoms with E-state index < -0.39 is 0 Å². The monoisotopic (exact) mass is 292 g/mol. The number of rotatable bonds is 7. The van der Waals surface area contributed by atoms with Crippen molar-refractivity contribution < 1.29 is 9.13 Å². The second-order valence-electron chi connectivity index (χ2n) is 5.39. The summed E-state index contributed by atoms with van der Waals surface area (Å²) in [6.45, 7) is 6.25. The summed E-state index contributed by atoms with van der Waals surface area (Å²) in [4.78, 5) is 0. The highest BCUT2D eigenvalue weighted by Crippen LogP contribution is 2.16. The summed E-state index contributed by atoms with van der Waals surface area (Å²) in [5, 5.41) is 11.4. The molecule has 5 nitrogen and oxygen atoms in total. The Hall–Kier alpha value is -1.95. The predicted molar refractivity (Wildman–Crippen MR) is 78.6 cm³/mol. The molecule has 0 spiro atoms. The van der Waals surface area contributed by atoms with Crippen molar-refractivity contribution in [2.45, 2.75) is 26.9 Å². The zero-order chi connectivity index (χ0) is 15.2. The molecule has 1 aromatic heterocycles. The van der Waals surface area contributed by atoms with Crippen LogP contribution in [0.3, 0.4) is 0 Å². The zero-order valence-electron chi connectivity index (χ0n) is 12.6. The molecule has 0 amide bonds. The third-order valence-electron chi connectivity index (χ3n) is 3.04. The molecule has 2 aromatic rings. The lowest BCUT2D eigenvalue weighted by molar-refractivity contribution is 0.410. The van der Waals surface area contributed by atoms with Crippen LogP contribution < -0.4 is 10.1 Å². The summed E-state index contributed by atoms with van der Waals surface area (Å²) in [6.07, 6.45) is 1.83. The van der Waals surface area contributed by atoms with Crippen molar-refractivity contribution in [3.05, 3.63) is 41.5 Å². The van der Waals surface area contributed by atoms with Crippen LogP contribution in [0.4, 0.5) is 4.39 Å². The van der Waals surface area contributed by atoms with Gasteiger partial charge in [-0.15, -0.1) is 5.10 Å². The van der Waals surface area contributed by atoms with Gasteiger partial charge < -0.3 is 10.1 Å². The minimum Gasteiger partial charge on any atom is -0.497 e. The van der Waals surface area contributed by atoms with Crippen LogP contribution >= 0.6 is 0 Å². The van der Waals surface area contributed by atoms with E-state index in [1.54, 1.807) is 16.8 Å². The summed E-state index contributed by atoms with van der Waals surface area (Å²) in [5.41, 5.74) is 1.41. The first-order valence-corrected chi connectivity index (χ1v) is 7.00. The van der Waals surface area contributed by atoms with Gasteiger partial charge in [0.2, 0.25) is 0 Å². The van der Waals surface area contributed by atoms with Gasteiger partial charge in [0.15, 0.2) is 0 Å². The maximum absolute atomic E-state index is 13.9. The van der Waals surface area contributed by atoms with E-state index >= 15 is 0 Å². The minimum atomic E-state index is -0.302. The Labute approximate surface area is 124 Å². The Morgan fingerprint density at radius 1 is 1.38 bits per heavy atom. The molecule has 1 aromatic carbocycles. The fourth-order valence-corrected chi connectivity index (χ4v) is 1.94. The number of aromatic nitrogens is 3. The average Bonchev–Trinajstić information content (AvgIpc) is 2.88. The van der Waals surface area contributed by atoms with Gasteiger partial charge >= 0.3 is 0 Å².